The molecule has 4 aromatic rings. The number of para-hydroxylation sites is 1. The standard InChI is InChI=1S/C28H28N2O4/c1-16-11-17(2)26(18(3)12-16)30-28(31)21-15-23(29-22-10-8-7-9-20(21)22)19-13-24(32-4)27(34-6)25(14-19)33-5/h7-15H,1-6H3,(H,30,31). The molecule has 0 bridgehead atoms. The molecule has 1 N–H and O–H groups in total. The van der Waals surface area contributed by atoms with E-state index in [9.17, 15) is 4.79 Å². The van der Waals surface area contributed by atoms with Crippen LogP contribution in [0.5, 0.6) is 17.2 Å². The fourth-order valence-corrected chi connectivity index (χ4v) is 4.30. The van der Waals surface area contributed by atoms with Crippen LogP contribution in [0.3, 0.4) is 0 Å². The molecular formula is C28H28N2O4. The van der Waals surface area contributed by atoms with Crippen LogP contribution >= 0.6 is 0 Å². The van der Waals surface area contributed by atoms with E-state index in [4.69, 9.17) is 19.2 Å². The molecule has 1 heterocycles. The first kappa shape index (κ1) is 23.1. The van der Waals surface area contributed by atoms with Crippen molar-refractivity contribution in [2.75, 3.05) is 26.6 Å². The maximum atomic E-state index is 13.5. The van der Waals surface area contributed by atoms with Crippen molar-refractivity contribution in [3.63, 3.8) is 0 Å². The van der Waals surface area contributed by atoms with Gasteiger partial charge in [0, 0.05) is 16.6 Å². The van der Waals surface area contributed by atoms with Crippen molar-refractivity contribution in [1.82, 2.24) is 4.98 Å². The van der Waals surface area contributed by atoms with Crippen molar-refractivity contribution in [2.45, 2.75) is 20.8 Å². The minimum atomic E-state index is -0.192. The Morgan fingerprint density at radius 1 is 0.824 bits per heavy atom. The number of benzene rings is 3. The van der Waals surface area contributed by atoms with Gasteiger partial charge in [-0.05, 0) is 56.2 Å². The number of anilines is 1. The van der Waals surface area contributed by atoms with Gasteiger partial charge >= 0.3 is 0 Å². The molecule has 0 aliphatic carbocycles. The lowest BCUT2D eigenvalue weighted by Gasteiger charge is -2.16. The third-order valence-corrected chi connectivity index (χ3v) is 5.84. The maximum absolute atomic E-state index is 13.5. The normalized spacial score (nSPS) is 10.8. The highest BCUT2D eigenvalue weighted by Gasteiger charge is 2.19. The van der Waals surface area contributed by atoms with Gasteiger partial charge in [-0.25, -0.2) is 4.98 Å². The van der Waals surface area contributed by atoms with Gasteiger partial charge in [0.05, 0.1) is 38.1 Å². The third kappa shape index (κ3) is 4.27. The van der Waals surface area contributed by atoms with Gasteiger partial charge in [-0.2, -0.15) is 0 Å². The molecule has 34 heavy (non-hydrogen) atoms. The van der Waals surface area contributed by atoms with Crippen LogP contribution in [-0.2, 0) is 0 Å². The van der Waals surface area contributed by atoms with E-state index in [1.165, 1.54) is 0 Å². The number of nitrogens with one attached hydrogen (secondary N) is 1. The zero-order chi connectivity index (χ0) is 24.4. The van der Waals surface area contributed by atoms with Crippen LogP contribution in [0.25, 0.3) is 22.2 Å². The molecular weight excluding hydrogens is 428 g/mol. The first-order valence-electron chi connectivity index (χ1n) is 11.0. The first-order valence-corrected chi connectivity index (χ1v) is 11.0. The van der Waals surface area contributed by atoms with Crippen molar-refractivity contribution in [1.29, 1.82) is 0 Å². The Bertz CT molecular complexity index is 1350. The topological polar surface area (TPSA) is 69.7 Å². The number of nitrogens with zero attached hydrogens (tertiary/aromatic N) is 1. The first-order chi connectivity index (χ1) is 16.4. The fourth-order valence-electron chi connectivity index (χ4n) is 4.30. The van der Waals surface area contributed by atoms with Gasteiger partial charge in [-0.1, -0.05) is 35.9 Å². The molecule has 4 rings (SSSR count). The molecule has 1 amide bonds. The van der Waals surface area contributed by atoms with Crippen molar-refractivity contribution in [3.8, 4) is 28.5 Å². The van der Waals surface area contributed by atoms with Gasteiger partial charge in [0.2, 0.25) is 5.75 Å². The van der Waals surface area contributed by atoms with Crippen molar-refractivity contribution in [2.24, 2.45) is 0 Å². The molecule has 0 unspecified atom stereocenters. The number of aromatic nitrogens is 1. The highest BCUT2D eigenvalue weighted by atomic mass is 16.5. The van der Waals surface area contributed by atoms with Crippen LogP contribution in [0.15, 0.2) is 54.6 Å². The second-order valence-corrected chi connectivity index (χ2v) is 8.21. The molecule has 0 aliphatic rings. The molecule has 0 radical (unpaired) electrons. The Kier molecular flexibility index (Phi) is 6.41. The summed E-state index contributed by atoms with van der Waals surface area (Å²) in [7, 11) is 4.70. The summed E-state index contributed by atoms with van der Waals surface area (Å²) in [5, 5.41) is 3.90. The number of ether oxygens (including phenoxy) is 3. The largest absolute Gasteiger partial charge is 0.493 e. The monoisotopic (exact) mass is 456 g/mol. The number of hydrogen-bond donors (Lipinski definition) is 1. The van der Waals surface area contributed by atoms with Gasteiger partial charge in [0.15, 0.2) is 11.5 Å². The molecule has 0 atom stereocenters. The van der Waals surface area contributed by atoms with Crippen molar-refractivity contribution in [3.05, 3.63) is 76.9 Å². The minimum absolute atomic E-state index is 0.192. The van der Waals surface area contributed by atoms with Crippen LogP contribution in [0.1, 0.15) is 27.0 Å². The summed E-state index contributed by atoms with van der Waals surface area (Å²) in [4.78, 5) is 18.4. The summed E-state index contributed by atoms with van der Waals surface area (Å²) >= 11 is 0. The van der Waals surface area contributed by atoms with Gasteiger partial charge < -0.3 is 19.5 Å². The molecule has 0 fully saturated rings. The van der Waals surface area contributed by atoms with E-state index in [2.05, 4.69) is 17.4 Å². The summed E-state index contributed by atoms with van der Waals surface area (Å²) < 4.78 is 16.5. The number of carbonyl (C=O) groups is 1. The lowest BCUT2D eigenvalue weighted by atomic mass is 10.0. The third-order valence-electron chi connectivity index (χ3n) is 5.84. The van der Waals surface area contributed by atoms with Gasteiger partial charge in [-0.3, -0.25) is 4.79 Å². The second-order valence-electron chi connectivity index (χ2n) is 8.21. The quantitative estimate of drug-likeness (QED) is 0.379. The number of hydrogen-bond acceptors (Lipinski definition) is 5. The summed E-state index contributed by atoms with van der Waals surface area (Å²) in [6.07, 6.45) is 0. The number of fused-ring (bicyclic) bond motifs is 1. The van der Waals surface area contributed by atoms with Crippen LogP contribution in [0.2, 0.25) is 0 Å². The highest BCUT2D eigenvalue weighted by molar-refractivity contribution is 6.13. The molecule has 6 nitrogen and oxygen atoms in total. The molecule has 0 spiro atoms. The maximum Gasteiger partial charge on any atom is 0.256 e. The average Bonchev–Trinajstić information content (AvgIpc) is 2.84. The molecule has 6 heteroatoms. The van der Waals surface area contributed by atoms with Crippen LogP contribution < -0.4 is 19.5 Å². The average molecular weight is 457 g/mol. The van der Waals surface area contributed by atoms with Crippen LogP contribution in [0.4, 0.5) is 5.69 Å². The molecule has 174 valence electrons. The number of rotatable bonds is 6. The van der Waals surface area contributed by atoms with E-state index in [1.54, 1.807) is 27.4 Å². The Hall–Kier alpha value is -4.06. The van der Waals surface area contributed by atoms with E-state index >= 15 is 0 Å². The number of aryl methyl sites for hydroxylation is 3. The van der Waals surface area contributed by atoms with Crippen LogP contribution in [0, 0.1) is 20.8 Å². The van der Waals surface area contributed by atoms with E-state index in [1.807, 2.05) is 57.2 Å². The summed E-state index contributed by atoms with van der Waals surface area (Å²) in [6, 6.07) is 17.2. The SMILES string of the molecule is COc1cc(-c2cc(C(=O)Nc3c(C)cc(C)cc3C)c3ccccc3n2)cc(OC)c1OC. The lowest BCUT2D eigenvalue weighted by molar-refractivity contribution is 0.102. The Labute approximate surface area is 199 Å². The van der Waals surface area contributed by atoms with E-state index < -0.39 is 0 Å². The van der Waals surface area contributed by atoms with Crippen molar-refractivity contribution >= 4 is 22.5 Å². The predicted octanol–water partition coefficient (Wildman–Crippen LogP) is 6.11. The van der Waals surface area contributed by atoms with Gasteiger partial charge in [0.25, 0.3) is 5.91 Å². The lowest BCUT2D eigenvalue weighted by Crippen LogP contribution is -2.15. The van der Waals surface area contributed by atoms with Gasteiger partial charge in [0.1, 0.15) is 0 Å². The zero-order valence-corrected chi connectivity index (χ0v) is 20.3. The van der Waals surface area contributed by atoms with Gasteiger partial charge in [-0.15, -0.1) is 0 Å². The number of methoxy groups -OCH3 is 3. The number of pyridine rings is 1. The van der Waals surface area contributed by atoms with E-state index in [-0.39, 0.29) is 5.91 Å². The zero-order valence-electron chi connectivity index (χ0n) is 20.3. The predicted molar refractivity (Wildman–Crippen MR) is 135 cm³/mol. The molecule has 1 aromatic heterocycles. The summed E-state index contributed by atoms with van der Waals surface area (Å²) in [5.41, 5.74) is 6.66. The van der Waals surface area contributed by atoms with E-state index in [0.29, 0.717) is 28.5 Å². The number of amides is 1. The number of carbonyl (C=O) groups excluding carboxylic acids is 1. The molecule has 0 saturated heterocycles. The van der Waals surface area contributed by atoms with E-state index in [0.717, 1.165) is 38.8 Å². The molecule has 3 aromatic carbocycles. The Morgan fingerprint density at radius 2 is 1.44 bits per heavy atom. The molecule has 0 aliphatic heterocycles. The smallest absolute Gasteiger partial charge is 0.256 e. The Morgan fingerprint density at radius 3 is 2.03 bits per heavy atom. The second kappa shape index (κ2) is 9.43. The van der Waals surface area contributed by atoms with Crippen LogP contribution in [-0.4, -0.2) is 32.2 Å². The highest BCUT2D eigenvalue weighted by Crippen LogP contribution is 2.41. The minimum Gasteiger partial charge on any atom is -0.493 e. The summed E-state index contributed by atoms with van der Waals surface area (Å²) in [5.74, 6) is 1.34. The fraction of sp³-hybridized carbons (Fsp3) is 0.214. The van der Waals surface area contributed by atoms with Crippen molar-refractivity contribution < 1.29 is 19.0 Å². The summed E-state index contributed by atoms with van der Waals surface area (Å²) in [6.45, 7) is 6.05. The Balaban J connectivity index is 1.86. The molecule has 0 saturated carbocycles.